The van der Waals surface area contributed by atoms with Gasteiger partial charge in [0.2, 0.25) is 5.91 Å². The Morgan fingerprint density at radius 3 is 2.33 bits per heavy atom. The average molecular weight is 445 g/mol. The van der Waals surface area contributed by atoms with Gasteiger partial charge in [-0.15, -0.1) is 0 Å². The number of hydrogen-bond donors (Lipinski definition) is 1. The third-order valence-corrected chi connectivity index (χ3v) is 6.51. The van der Waals surface area contributed by atoms with Gasteiger partial charge in [0.25, 0.3) is 10.0 Å². The minimum atomic E-state index is -3.96. The highest BCUT2D eigenvalue weighted by molar-refractivity contribution is 7.92. The zero-order valence-corrected chi connectivity index (χ0v) is 18.1. The van der Waals surface area contributed by atoms with Gasteiger partial charge in [-0.1, -0.05) is 48.0 Å². The molecule has 0 saturated heterocycles. The Balaban J connectivity index is 1.92. The highest BCUT2D eigenvalue weighted by atomic mass is 35.5. The number of nitrogens with one attached hydrogen (secondary N) is 1. The van der Waals surface area contributed by atoms with Crippen molar-refractivity contribution >= 4 is 38.9 Å². The van der Waals surface area contributed by atoms with Gasteiger partial charge in [-0.2, -0.15) is 0 Å². The molecule has 0 aliphatic carbocycles. The van der Waals surface area contributed by atoms with E-state index in [2.05, 4.69) is 5.32 Å². The number of hydrogen-bond acceptors (Lipinski definition) is 4. The first-order valence-corrected chi connectivity index (χ1v) is 10.9. The van der Waals surface area contributed by atoms with Crippen molar-refractivity contribution in [2.75, 3.05) is 23.3 Å². The van der Waals surface area contributed by atoms with Crippen LogP contribution < -0.4 is 14.4 Å². The number of sulfonamides is 1. The number of nitrogens with zero attached hydrogens (tertiary/aromatic N) is 1. The lowest BCUT2D eigenvalue weighted by Crippen LogP contribution is -2.38. The van der Waals surface area contributed by atoms with Crippen LogP contribution in [0.1, 0.15) is 5.56 Å². The number of methoxy groups -OCH3 is 1. The van der Waals surface area contributed by atoms with Crippen LogP contribution in [0.3, 0.4) is 0 Å². The normalized spacial score (nSPS) is 11.0. The Morgan fingerprint density at radius 2 is 1.70 bits per heavy atom. The summed E-state index contributed by atoms with van der Waals surface area (Å²) in [5, 5.41) is 3.03. The summed E-state index contributed by atoms with van der Waals surface area (Å²) >= 11 is 6.11. The van der Waals surface area contributed by atoms with Crippen molar-refractivity contribution in [3.8, 4) is 5.75 Å². The molecule has 8 heteroatoms. The lowest BCUT2D eigenvalue weighted by atomic mass is 10.2. The summed E-state index contributed by atoms with van der Waals surface area (Å²) in [4.78, 5) is 12.9. The highest BCUT2D eigenvalue weighted by Crippen LogP contribution is 2.28. The molecule has 3 aromatic carbocycles. The van der Waals surface area contributed by atoms with Gasteiger partial charge in [0.15, 0.2) is 0 Å². The molecule has 0 aromatic heterocycles. The van der Waals surface area contributed by atoms with Gasteiger partial charge < -0.3 is 10.1 Å². The Bertz CT molecular complexity index is 1150. The summed E-state index contributed by atoms with van der Waals surface area (Å²) in [7, 11) is -2.46. The van der Waals surface area contributed by atoms with E-state index in [0.717, 1.165) is 9.87 Å². The first kappa shape index (κ1) is 21.7. The largest absolute Gasteiger partial charge is 0.495 e. The maximum atomic E-state index is 13.3. The van der Waals surface area contributed by atoms with E-state index in [1.807, 2.05) is 6.07 Å². The fraction of sp³-hybridized carbons (Fsp3) is 0.136. The molecule has 0 aliphatic heterocycles. The second kappa shape index (κ2) is 9.19. The molecule has 3 aromatic rings. The van der Waals surface area contributed by atoms with Gasteiger partial charge in [0.1, 0.15) is 12.3 Å². The van der Waals surface area contributed by atoms with Gasteiger partial charge >= 0.3 is 0 Å². The molecule has 0 saturated carbocycles. The number of aryl methyl sites for hydroxylation is 1. The molecule has 156 valence electrons. The first-order valence-electron chi connectivity index (χ1n) is 9.09. The first-order chi connectivity index (χ1) is 14.3. The van der Waals surface area contributed by atoms with E-state index in [0.29, 0.717) is 22.1 Å². The molecule has 0 spiro atoms. The molecule has 6 nitrogen and oxygen atoms in total. The molecular formula is C22H21ClN2O4S. The molecule has 1 amide bonds. The van der Waals surface area contributed by atoms with Crippen LogP contribution in [-0.4, -0.2) is 28.0 Å². The van der Waals surface area contributed by atoms with E-state index >= 15 is 0 Å². The van der Waals surface area contributed by atoms with Crippen LogP contribution in [-0.2, 0) is 14.8 Å². The molecule has 0 unspecified atom stereocenters. The maximum absolute atomic E-state index is 13.3. The molecule has 0 atom stereocenters. The van der Waals surface area contributed by atoms with Crippen molar-refractivity contribution in [2.45, 2.75) is 11.8 Å². The monoisotopic (exact) mass is 444 g/mol. The minimum Gasteiger partial charge on any atom is -0.495 e. The number of rotatable bonds is 7. The number of carbonyl (C=O) groups is 1. The number of amides is 1. The molecule has 1 N–H and O–H groups in total. The summed E-state index contributed by atoms with van der Waals surface area (Å²) in [5.41, 5.74) is 1.61. The third kappa shape index (κ3) is 4.75. The summed E-state index contributed by atoms with van der Waals surface area (Å²) in [6.07, 6.45) is 0. The molecular weight excluding hydrogens is 424 g/mol. The summed E-state index contributed by atoms with van der Waals surface area (Å²) in [5.74, 6) is -0.0261. The summed E-state index contributed by atoms with van der Waals surface area (Å²) in [6, 6.07) is 19.8. The van der Waals surface area contributed by atoms with Crippen molar-refractivity contribution in [3.63, 3.8) is 0 Å². The smallest absolute Gasteiger partial charge is 0.264 e. The van der Waals surface area contributed by atoms with Crippen LogP contribution in [0.25, 0.3) is 0 Å². The van der Waals surface area contributed by atoms with Crippen LogP contribution >= 0.6 is 11.6 Å². The highest BCUT2D eigenvalue weighted by Gasteiger charge is 2.28. The topological polar surface area (TPSA) is 75.7 Å². The quantitative estimate of drug-likeness (QED) is 0.582. The Hall–Kier alpha value is -3.03. The lowest BCUT2D eigenvalue weighted by Gasteiger charge is -2.25. The zero-order valence-electron chi connectivity index (χ0n) is 16.5. The van der Waals surface area contributed by atoms with Crippen LogP contribution in [0.5, 0.6) is 5.75 Å². The molecule has 0 fully saturated rings. The number of halogens is 1. The Kier molecular flexibility index (Phi) is 6.64. The number of ether oxygens (including phenoxy) is 1. The van der Waals surface area contributed by atoms with Gasteiger partial charge in [-0.3, -0.25) is 9.10 Å². The van der Waals surface area contributed by atoms with Gasteiger partial charge in [0, 0.05) is 5.69 Å². The van der Waals surface area contributed by atoms with E-state index in [1.165, 1.54) is 19.2 Å². The van der Waals surface area contributed by atoms with Gasteiger partial charge in [0.05, 0.1) is 22.7 Å². The number of anilines is 2. The van der Waals surface area contributed by atoms with Crippen molar-refractivity contribution in [3.05, 3.63) is 83.4 Å². The zero-order chi connectivity index (χ0) is 21.7. The van der Waals surface area contributed by atoms with Crippen LogP contribution in [0, 0.1) is 6.92 Å². The van der Waals surface area contributed by atoms with Crippen LogP contribution in [0.2, 0.25) is 5.02 Å². The average Bonchev–Trinajstić information content (AvgIpc) is 2.73. The molecule has 0 radical (unpaired) electrons. The molecule has 3 rings (SSSR count). The number of carbonyl (C=O) groups excluding carboxylic acids is 1. The molecule has 0 aliphatic rings. The van der Waals surface area contributed by atoms with Crippen molar-refractivity contribution < 1.29 is 17.9 Å². The van der Waals surface area contributed by atoms with E-state index in [1.54, 1.807) is 61.5 Å². The van der Waals surface area contributed by atoms with Crippen LogP contribution in [0.4, 0.5) is 11.4 Å². The fourth-order valence-electron chi connectivity index (χ4n) is 2.94. The van der Waals surface area contributed by atoms with Gasteiger partial charge in [-0.25, -0.2) is 8.42 Å². The molecule has 30 heavy (non-hydrogen) atoms. The van der Waals surface area contributed by atoms with E-state index in [4.69, 9.17) is 16.3 Å². The predicted molar refractivity (Wildman–Crippen MR) is 119 cm³/mol. The Labute approximate surface area is 181 Å². The second-order valence-corrected chi connectivity index (χ2v) is 8.78. The number of para-hydroxylation sites is 1. The van der Waals surface area contributed by atoms with E-state index in [-0.39, 0.29) is 4.90 Å². The van der Waals surface area contributed by atoms with E-state index < -0.39 is 22.5 Å². The standard InChI is InChI=1S/C22H21ClN2O4S/c1-16-8-6-7-11-20(16)25(30(27,28)18-9-4-3-5-10-18)15-22(26)24-17-12-13-21(29-2)19(23)14-17/h3-14H,15H2,1-2H3,(H,24,26). The van der Waals surface area contributed by atoms with Gasteiger partial charge in [-0.05, 0) is 48.9 Å². The SMILES string of the molecule is COc1ccc(NC(=O)CN(c2ccccc2C)S(=O)(=O)c2ccccc2)cc1Cl. The van der Waals surface area contributed by atoms with Crippen molar-refractivity contribution in [1.29, 1.82) is 0 Å². The van der Waals surface area contributed by atoms with Crippen LogP contribution in [0.15, 0.2) is 77.7 Å². The molecule has 0 bridgehead atoms. The van der Waals surface area contributed by atoms with Crippen molar-refractivity contribution in [2.24, 2.45) is 0 Å². The fourth-order valence-corrected chi connectivity index (χ4v) is 4.70. The van der Waals surface area contributed by atoms with Crippen molar-refractivity contribution in [1.82, 2.24) is 0 Å². The minimum absolute atomic E-state index is 0.105. The Morgan fingerprint density at radius 1 is 1.03 bits per heavy atom. The maximum Gasteiger partial charge on any atom is 0.264 e. The predicted octanol–water partition coefficient (Wildman–Crippen LogP) is 4.49. The second-order valence-electron chi connectivity index (χ2n) is 6.51. The summed E-state index contributed by atoms with van der Waals surface area (Å²) in [6.45, 7) is 1.40. The van der Waals surface area contributed by atoms with E-state index in [9.17, 15) is 13.2 Å². The molecule has 0 heterocycles. The summed E-state index contributed by atoms with van der Waals surface area (Å²) < 4.78 is 32.8. The number of benzene rings is 3. The third-order valence-electron chi connectivity index (χ3n) is 4.44. The lowest BCUT2D eigenvalue weighted by molar-refractivity contribution is -0.114.